The summed E-state index contributed by atoms with van der Waals surface area (Å²) in [6.45, 7) is 3.09. The molecule has 2 rings (SSSR count). The van der Waals surface area contributed by atoms with Crippen molar-refractivity contribution in [1.29, 1.82) is 0 Å². The Bertz CT molecular complexity index is 615. The van der Waals surface area contributed by atoms with Crippen LogP contribution in [-0.2, 0) is 6.54 Å². The van der Waals surface area contributed by atoms with Gasteiger partial charge in [0.05, 0.1) is 0 Å². The Balaban J connectivity index is 2.20. The van der Waals surface area contributed by atoms with Gasteiger partial charge in [-0.05, 0) is 30.2 Å². The molecule has 0 unspecified atom stereocenters. The van der Waals surface area contributed by atoms with Crippen molar-refractivity contribution in [3.05, 3.63) is 69.7 Å². The van der Waals surface area contributed by atoms with Gasteiger partial charge in [0.2, 0.25) is 0 Å². The normalized spacial score (nSPS) is 10.4. The minimum absolute atomic E-state index is 0.000188. The van der Waals surface area contributed by atoms with Crippen LogP contribution in [0.4, 0.5) is 0 Å². The maximum absolute atomic E-state index is 12.6. The highest BCUT2D eigenvalue weighted by molar-refractivity contribution is 9.10. The van der Waals surface area contributed by atoms with Crippen molar-refractivity contribution in [2.45, 2.75) is 13.5 Å². The number of rotatable bonds is 5. The van der Waals surface area contributed by atoms with E-state index in [-0.39, 0.29) is 5.91 Å². The third kappa shape index (κ3) is 4.32. The van der Waals surface area contributed by atoms with E-state index in [1.54, 1.807) is 4.90 Å². The summed E-state index contributed by atoms with van der Waals surface area (Å²) >= 11 is 9.32. The summed E-state index contributed by atoms with van der Waals surface area (Å²) in [5.41, 5.74) is 2.88. The van der Waals surface area contributed by atoms with Gasteiger partial charge < -0.3 is 4.90 Å². The number of hydrogen-bond acceptors (Lipinski definition) is 1. The lowest BCUT2D eigenvalue weighted by molar-refractivity contribution is 0.0753. The lowest BCUT2D eigenvalue weighted by atomic mass is 10.1. The van der Waals surface area contributed by atoms with E-state index in [1.165, 1.54) is 0 Å². The van der Waals surface area contributed by atoms with Gasteiger partial charge in [-0.15, -0.1) is 11.6 Å². The fourth-order valence-electron chi connectivity index (χ4n) is 2.07. The third-order valence-corrected chi connectivity index (χ3v) is 4.30. The molecule has 0 atom stereocenters. The molecule has 0 heterocycles. The molecule has 0 fully saturated rings. The molecule has 2 nitrogen and oxygen atoms in total. The van der Waals surface area contributed by atoms with Gasteiger partial charge in [0, 0.05) is 29.0 Å². The fraction of sp³-hybridized carbons (Fsp3) is 0.235. The minimum atomic E-state index is 0.000188. The van der Waals surface area contributed by atoms with E-state index in [2.05, 4.69) is 15.9 Å². The van der Waals surface area contributed by atoms with E-state index >= 15 is 0 Å². The zero-order valence-electron chi connectivity index (χ0n) is 11.9. The summed E-state index contributed by atoms with van der Waals surface area (Å²) in [5.74, 6) is 0.422. The maximum atomic E-state index is 12.6. The van der Waals surface area contributed by atoms with Crippen molar-refractivity contribution in [1.82, 2.24) is 4.90 Å². The number of halogens is 2. The lowest BCUT2D eigenvalue weighted by Gasteiger charge is -2.22. The van der Waals surface area contributed by atoms with Gasteiger partial charge in [0.25, 0.3) is 5.91 Å². The Morgan fingerprint density at radius 1 is 1.19 bits per heavy atom. The smallest absolute Gasteiger partial charge is 0.254 e. The number of nitrogens with zero attached hydrogens (tertiary/aromatic N) is 1. The lowest BCUT2D eigenvalue weighted by Crippen LogP contribution is -2.32. The second-order valence-electron chi connectivity index (χ2n) is 4.87. The largest absolute Gasteiger partial charge is 0.333 e. The maximum Gasteiger partial charge on any atom is 0.254 e. The van der Waals surface area contributed by atoms with Gasteiger partial charge in [-0.1, -0.05) is 52.3 Å². The number of amides is 1. The molecule has 2 aromatic carbocycles. The second kappa shape index (κ2) is 7.62. The topological polar surface area (TPSA) is 20.3 Å². The van der Waals surface area contributed by atoms with E-state index in [1.807, 2.05) is 55.5 Å². The Morgan fingerprint density at radius 2 is 1.90 bits per heavy atom. The highest BCUT2D eigenvalue weighted by Gasteiger charge is 2.16. The second-order valence-corrected chi connectivity index (χ2v) is 6.10. The molecule has 0 aliphatic rings. The molecule has 0 N–H and O–H groups in total. The average Bonchev–Trinajstić information content (AvgIpc) is 2.50. The summed E-state index contributed by atoms with van der Waals surface area (Å²) in [6.07, 6.45) is 0. The molecule has 1 amide bonds. The number of benzene rings is 2. The molecular formula is C17H17BrClNO. The van der Waals surface area contributed by atoms with Crippen LogP contribution in [0.1, 0.15) is 21.5 Å². The van der Waals surface area contributed by atoms with Crippen LogP contribution in [0.3, 0.4) is 0 Å². The zero-order valence-corrected chi connectivity index (χ0v) is 14.2. The molecule has 21 heavy (non-hydrogen) atoms. The van der Waals surface area contributed by atoms with Crippen LogP contribution in [-0.4, -0.2) is 23.2 Å². The van der Waals surface area contributed by atoms with Crippen molar-refractivity contribution < 1.29 is 4.79 Å². The van der Waals surface area contributed by atoms with Crippen LogP contribution >= 0.6 is 27.5 Å². The molecule has 2 aromatic rings. The summed E-state index contributed by atoms with van der Waals surface area (Å²) in [7, 11) is 0. The zero-order chi connectivity index (χ0) is 15.2. The van der Waals surface area contributed by atoms with Gasteiger partial charge in [-0.3, -0.25) is 4.79 Å². The molecular weight excluding hydrogens is 350 g/mol. The van der Waals surface area contributed by atoms with E-state index < -0.39 is 0 Å². The molecule has 0 spiro atoms. The third-order valence-electron chi connectivity index (χ3n) is 3.28. The number of alkyl halides is 1. The van der Waals surface area contributed by atoms with Crippen molar-refractivity contribution in [2.24, 2.45) is 0 Å². The highest BCUT2D eigenvalue weighted by Crippen LogP contribution is 2.19. The summed E-state index contributed by atoms with van der Waals surface area (Å²) in [4.78, 5) is 14.4. The molecule has 0 aromatic heterocycles. The quantitative estimate of drug-likeness (QED) is 0.706. The molecule has 110 valence electrons. The van der Waals surface area contributed by atoms with Crippen LogP contribution in [0.25, 0.3) is 0 Å². The van der Waals surface area contributed by atoms with Gasteiger partial charge in [-0.2, -0.15) is 0 Å². The van der Waals surface area contributed by atoms with Gasteiger partial charge in [0.15, 0.2) is 0 Å². The first-order valence-electron chi connectivity index (χ1n) is 6.77. The van der Waals surface area contributed by atoms with E-state index in [9.17, 15) is 4.79 Å². The summed E-state index contributed by atoms with van der Waals surface area (Å²) < 4.78 is 0.943. The number of carbonyl (C=O) groups excluding carboxylic acids is 1. The predicted molar refractivity (Wildman–Crippen MR) is 90.8 cm³/mol. The first kappa shape index (κ1) is 16.1. The van der Waals surface area contributed by atoms with Gasteiger partial charge in [-0.25, -0.2) is 0 Å². The minimum Gasteiger partial charge on any atom is -0.333 e. The van der Waals surface area contributed by atoms with Crippen molar-refractivity contribution >= 4 is 33.4 Å². The van der Waals surface area contributed by atoms with E-state index in [0.29, 0.717) is 24.5 Å². The number of hydrogen-bond donors (Lipinski definition) is 0. The van der Waals surface area contributed by atoms with Gasteiger partial charge in [0.1, 0.15) is 0 Å². The molecule has 0 saturated heterocycles. The van der Waals surface area contributed by atoms with Crippen LogP contribution in [0.2, 0.25) is 0 Å². The van der Waals surface area contributed by atoms with Crippen LogP contribution in [0.5, 0.6) is 0 Å². The molecule has 0 radical (unpaired) electrons. The predicted octanol–water partition coefficient (Wildman–Crippen LogP) is 4.64. The van der Waals surface area contributed by atoms with Crippen molar-refractivity contribution in [3.8, 4) is 0 Å². The molecule has 4 heteroatoms. The van der Waals surface area contributed by atoms with Crippen LogP contribution < -0.4 is 0 Å². The average molecular weight is 367 g/mol. The first-order valence-corrected chi connectivity index (χ1v) is 8.10. The number of aryl methyl sites for hydroxylation is 1. The van der Waals surface area contributed by atoms with E-state index in [4.69, 9.17) is 11.6 Å². The van der Waals surface area contributed by atoms with Crippen molar-refractivity contribution in [2.75, 3.05) is 12.4 Å². The monoisotopic (exact) mass is 365 g/mol. The van der Waals surface area contributed by atoms with Crippen LogP contribution in [0, 0.1) is 6.92 Å². The molecule has 0 aliphatic carbocycles. The molecule has 0 saturated carbocycles. The van der Waals surface area contributed by atoms with E-state index in [0.717, 1.165) is 15.6 Å². The fourth-order valence-corrected chi connectivity index (χ4v) is 2.65. The highest BCUT2D eigenvalue weighted by atomic mass is 79.9. The summed E-state index contributed by atoms with van der Waals surface area (Å²) in [5, 5.41) is 0. The van der Waals surface area contributed by atoms with Crippen molar-refractivity contribution in [3.63, 3.8) is 0 Å². The Hall–Kier alpha value is -1.32. The Morgan fingerprint density at radius 3 is 2.52 bits per heavy atom. The SMILES string of the molecule is Cc1ccc(C(=O)N(CCCl)Cc2ccccc2)cc1Br. The Kier molecular flexibility index (Phi) is 5.83. The molecule has 0 bridgehead atoms. The Labute approximate surface area is 138 Å². The first-order chi connectivity index (χ1) is 10.1. The standard InChI is InChI=1S/C17H17BrClNO/c1-13-7-8-15(11-16(13)18)17(21)20(10-9-19)12-14-5-3-2-4-6-14/h2-8,11H,9-10,12H2,1H3. The van der Waals surface area contributed by atoms with Gasteiger partial charge >= 0.3 is 0 Å². The summed E-state index contributed by atoms with van der Waals surface area (Å²) in [6, 6.07) is 15.6. The molecule has 0 aliphatic heterocycles. The number of carbonyl (C=O) groups is 1. The van der Waals surface area contributed by atoms with Crippen LogP contribution in [0.15, 0.2) is 53.0 Å².